The summed E-state index contributed by atoms with van der Waals surface area (Å²) in [5.41, 5.74) is 5.60. The van der Waals surface area contributed by atoms with Gasteiger partial charge in [-0.25, -0.2) is 0 Å². The highest BCUT2D eigenvalue weighted by Crippen LogP contribution is 2.34. The van der Waals surface area contributed by atoms with Crippen LogP contribution in [0.2, 0.25) is 0 Å². The molecule has 7 heteroatoms. The molecule has 0 atom stereocenters. The number of carbonyl (C=O) groups excluding carboxylic acids is 1. The van der Waals surface area contributed by atoms with Gasteiger partial charge in [0.25, 0.3) is 11.6 Å². The first kappa shape index (κ1) is 13.5. The number of nitrogens with two attached hydrogens (primary N) is 1. The average Bonchev–Trinajstić information content (AvgIpc) is 2.46. The van der Waals surface area contributed by atoms with E-state index < -0.39 is 16.5 Å². The normalized spacial score (nSPS) is 10.1. The lowest BCUT2D eigenvalue weighted by Gasteiger charge is -2.09. The molecule has 0 fully saturated rings. The van der Waals surface area contributed by atoms with E-state index >= 15 is 0 Å². The van der Waals surface area contributed by atoms with Gasteiger partial charge in [-0.05, 0) is 18.2 Å². The third kappa shape index (κ3) is 2.41. The molecule has 2 aromatic rings. The molecule has 0 aliphatic heterocycles. The fraction of sp³-hybridized carbons (Fsp3) is 0.0769. The lowest BCUT2D eigenvalue weighted by molar-refractivity contribution is -0.385. The number of hydrogen-bond donors (Lipinski definition) is 1. The maximum atomic E-state index is 11.4. The van der Waals surface area contributed by atoms with Gasteiger partial charge in [0.05, 0.1) is 23.8 Å². The van der Waals surface area contributed by atoms with E-state index in [4.69, 9.17) is 10.5 Å². The van der Waals surface area contributed by atoms with E-state index in [9.17, 15) is 14.9 Å². The molecule has 1 aromatic heterocycles. The molecule has 1 aromatic carbocycles. The Balaban J connectivity index is 2.72. The predicted molar refractivity (Wildman–Crippen MR) is 71.4 cm³/mol. The molecule has 0 bridgehead atoms. The monoisotopic (exact) mass is 273 g/mol. The standard InChI is InChI=1S/C13H11N3O4/c1-20-12-7-11(16(18)19)9(13(14)17)6-8(12)10-4-2-3-5-15-10/h2-7H,1H3,(H2,14,17). The van der Waals surface area contributed by atoms with Crippen LogP contribution in [0, 0.1) is 10.1 Å². The number of carbonyl (C=O) groups is 1. The quantitative estimate of drug-likeness (QED) is 0.674. The minimum atomic E-state index is -0.878. The van der Waals surface area contributed by atoms with E-state index in [1.165, 1.54) is 19.2 Å². The first-order chi connectivity index (χ1) is 9.54. The third-order valence-corrected chi connectivity index (χ3v) is 2.72. The number of pyridine rings is 1. The molecule has 0 aliphatic carbocycles. The highest BCUT2D eigenvalue weighted by atomic mass is 16.6. The van der Waals surface area contributed by atoms with Gasteiger partial charge in [0.15, 0.2) is 0 Å². The van der Waals surface area contributed by atoms with Crippen LogP contribution in [0.4, 0.5) is 5.69 Å². The predicted octanol–water partition coefficient (Wildman–Crippen LogP) is 1.76. The van der Waals surface area contributed by atoms with E-state index in [1.807, 2.05) is 0 Å². The second-order valence-corrected chi connectivity index (χ2v) is 3.91. The highest BCUT2D eigenvalue weighted by molar-refractivity contribution is 5.99. The Morgan fingerprint density at radius 1 is 1.40 bits per heavy atom. The lowest BCUT2D eigenvalue weighted by Crippen LogP contribution is -2.14. The van der Waals surface area contributed by atoms with Crippen molar-refractivity contribution in [2.45, 2.75) is 0 Å². The average molecular weight is 273 g/mol. The van der Waals surface area contributed by atoms with Crippen molar-refractivity contribution in [3.63, 3.8) is 0 Å². The van der Waals surface area contributed by atoms with Gasteiger partial charge in [0, 0.05) is 11.8 Å². The van der Waals surface area contributed by atoms with Gasteiger partial charge >= 0.3 is 0 Å². The summed E-state index contributed by atoms with van der Waals surface area (Å²) in [6, 6.07) is 7.68. The molecule has 20 heavy (non-hydrogen) atoms. The number of methoxy groups -OCH3 is 1. The first-order valence-corrected chi connectivity index (χ1v) is 5.62. The molecule has 0 unspecified atom stereocenters. The van der Waals surface area contributed by atoms with E-state index in [0.29, 0.717) is 11.3 Å². The van der Waals surface area contributed by atoms with Gasteiger partial charge in [0.1, 0.15) is 11.3 Å². The van der Waals surface area contributed by atoms with Crippen LogP contribution in [0.1, 0.15) is 10.4 Å². The molecule has 2 rings (SSSR count). The van der Waals surface area contributed by atoms with E-state index in [0.717, 1.165) is 0 Å². The molecule has 0 radical (unpaired) electrons. The number of nitrogens with zero attached hydrogens (tertiary/aromatic N) is 2. The molecule has 7 nitrogen and oxygen atoms in total. The topological polar surface area (TPSA) is 108 Å². The molecule has 0 aliphatic rings. The van der Waals surface area contributed by atoms with Gasteiger partial charge in [-0.1, -0.05) is 6.07 Å². The maximum Gasteiger partial charge on any atom is 0.285 e. The van der Waals surface area contributed by atoms with Crippen LogP contribution in [0.15, 0.2) is 36.5 Å². The molecule has 0 saturated carbocycles. The summed E-state index contributed by atoms with van der Waals surface area (Å²) in [6.45, 7) is 0. The van der Waals surface area contributed by atoms with E-state index in [2.05, 4.69) is 4.98 Å². The van der Waals surface area contributed by atoms with Gasteiger partial charge in [0.2, 0.25) is 0 Å². The number of benzene rings is 1. The number of rotatable bonds is 4. The van der Waals surface area contributed by atoms with Gasteiger partial charge in [-0.15, -0.1) is 0 Å². The number of amides is 1. The van der Waals surface area contributed by atoms with Crippen LogP contribution < -0.4 is 10.5 Å². The largest absolute Gasteiger partial charge is 0.496 e. The van der Waals surface area contributed by atoms with Crippen LogP contribution in [0.5, 0.6) is 5.75 Å². The van der Waals surface area contributed by atoms with E-state index in [-0.39, 0.29) is 11.3 Å². The summed E-state index contributed by atoms with van der Waals surface area (Å²) in [4.78, 5) is 25.8. The van der Waals surface area contributed by atoms with Crippen LogP contribution in [0.25, 0.3) is 11.3 Å². The molecule has 1 amide bonds. The minimum absolute atomic E-state index is 0.184. The SMILES string of the molecule is COc1cc([N+](=O)[O-])c(C(N)=O)cc1-c1ccccn1. The van der Waals surface area contributed by atoms with Crippen LogP contribution in [-0.2, 0) is 0 Å². The van der Waals surface area contributed by atoms with Gasteiger partial charge in [-0.3, -0.25) is 19.9 Å². The fourth-order valence-corrected chi connectivity index (χ4v) is 1.81. The number of ether oxygens (including phenoxy) is 1. The van der Waals surface area contributed by atoms with Crippen LogP contribution >= 0.6 is 0 Å². The van der Waals surface area contributed by atoms with Crippen molar-refractivity contribution >= 4 is 11.6 Å². The number of hydrogen-bond acceptors (Lipinski definition) is 5. The Morgan fingerprint density at radius 3 is 2.65 bits per heavy atom. The summed E-state index contributed by atoms with van der Waals surface area (Å²) in [5, 5.41) is 11.0. The summed E-state index contributed by atoms with van der Waals surface area (Å²) in [7, 11) is 1.38. The summed E-state index contributed by atoms with van der Waals surface area (Å²) in [5.74, 6) is -0.628. The van der Waals surface area contributed by atoms with Crippen molar-refractivity contribution in [3.8, 4) is 17.0 Å². The zero-order chi connectivity index (χ0) is 14.7. The van der Waals surface area contributed by atoms with Crippen molar-refractivity contribution in [1.29, 1.82) is 0 Å². The van der Waals surface area contributed by atoms with Crippen molar-refractivity contribution in [1.82, 2.24) is 4.98 Å². The second-order valence-electron chi connectivity index (χ2n) is 3.91. The van der Waals surface area contributed by atoms with Gasteiger partial charge < -0.3 is 10.5 Å². The molecule has 2 N–H and O–H groups in total. The van der Waals surface area contributed by atoms with Crippen LogP contribution in [-0.4, -0.2) is 22.9 Å². The summed E-state index contributed by atoms with van der Waals surface area (Å²) < 4.78 is 5.13. The smallest absolute Gasteiger partial charge is 0.285 e. The van der Waals surface area contributed by atoms with Crippen molar-refractivity contribution in [2.24, 2.45) is 5.73 Å². The molecule has 102 valence electrons. The highest BCUT2D eigenvalue weighted by Gasteiger charge is 2.23. The van der Waals surface area contributed by atoms with Crippen molar-refractivity contribution < 1.29 is 14.5 Å². The third-order valence-electron chi connectivity index (χ3n) is 2.72. The Hall–Kier alpha value is -2.96. The molecular formula is C13H11N3O4. The number of aromatic nitrogens is 1. The Bertz CT molecular complexity index is 671. The lowest BCUT2D eigenvalue weighted by atomic mass is 10.0. The minimum Gasteiger partial charge on any atom is -0.496 e. The molecule has 0 spiro atoms. The van der Waals surface area contributed by atoms with Crippen molar-refractivity contribution in [3.05, 3.63) is 52.2 Å². The Kier molecular flexibility index (Phi) is 3.60. The maximum absolute atomic E-state index is 11.4. The Labute approximate surface area is 114 Å². The van der Waals surface area contributed by atoms with E-state index in [1.54, 1.807) is 24.4 Å². The number of primary amides is 1. The summed E-state index contributed by atoms with van der Waals surface area (Å²) in [6.07, 6.45) is 1.57. The first-order valence-electron chi connectivity index (χ1n) is 5.62. The number of nitro benzene ring substituents is 1. The zero-order valence-corrected chi connectivity index (χ0v) is 10.6. The second kappa shape index (κ2) is 5.35. The zero-order valence-electron chi connectivity index (χ0n) is 10.6. The fourth-order valence-electron chi connectivity index (χ4n) is 1.81. The van der Waals surface area contributed by atoms with Crippen LogP contribution in [0.3, 0.4) is 0 Å². The summed E-state index contributed by atoms with van der Waals surface area (Å²) >= 11 is 0. The van der Waals surface area contributed by atoms with Gasteiger partial charge in [-0.2, -0.15) is 0 Å². The molecule has 1 heterocycles. The molecular weight excluding hydrogens is 262 g/mol. The Morgan fingerprint density at radius 2 is 2.15 bits per heavy atom. The molecule has 0 saturated heterocycles. The van der Waals surface area contributed by atoms with Crippen molar-refractivity contribution in [2.75, 3.05) is 7.11 Å². The number of nitro groups is 1.